The third kappa shape index (κ3) is 2.20. The minimum absolute atomic E-state index is 0.0483. The minimum atomic E-state index is -0.0564. The van der Waals surface area contributed by atoms with Gasteiger partial charge >= 0.3 is 0 Å². The summed E-state index contributed by atoms with van der Waals surface area (Å²) < 4.78 is 0. The number of hydrogen-bond acceptors (Lipinski definition) is 3. The maximum Gasteiger partial charge on any atom is 0.230 e. The summed E-state index contributed by atoms with van der Waals surface area (Å²) in [5, 5.41) is 0. The fourth-order valence-electron chi connectivity index (χ4n) is 1.23. The summed E-state index contributed by atoms with van der Waals surface area (Å²) in [6, 6.07) is 0. The van der Waals surface area contributed by atoms with Crippen LogP contribution in [-0.4, -0.2) is 36.4 Å². The Morgan fingerprint density at radius 2 is 2.50 bits per heavy atom. The molecule has 1 unspecified atom stereocenters. The highest BCUT2D eigenvalue weighted by molar-refractivity contribution is 5.73. The number of nitrogens with zero attached hydrogens (tertiary/aromatic N) is 1. The lowest BCUT2D eigenvalue weighted by molar-refractivity contribution is -0.129. The van der Waals surface area contributed by atoms with Gasteiger partial charge in [0, 0.05) is 20.0 Å². The summed E-state index contributed by atoms with van der Waals surface area (Å²) in [7, 11) is 0. The Hall–Kier alpha value is -1.10. The maximum atomic E-state index is 10.8. The molecule has 0 saturated carbocycles. The SMILES string of the molecule is CC(=O)N1CCC(ONC=O)C1. The lowest BCUT2D eigenvalue weighted by Gasteiger charge is -2.12. The Morgan fingerprint density at radius 1 is 1.75 bits per heavy atom. The zero-order valence-electron chi connectivity index (χ0n) is 6.95. The van der Waals surface area contributed by atoms with Crippen LogP contribution in [-0.2, 0) is 14.4 Å². The van der Waals surface area contributed by atoms with Gasteiger partial charge in [-0.25, -0.2) is 5.48 Å². The molecule has 1 fully saturated rings. The Bertz CT molecular complexity index is 183. The average molecular weight is 172 g/mol. The number of rotatable bonds is 3. The van der Waals surface area contributed by atoms with Gasteiger partial charge in [0.25, 0.3) is 0 Å². The number of hydrogen-bond donors (Lipinski definition) is 1. The summed E-state index contributed by atoms with van der Waals surface area (Å²) in [5.41, 5.74) is 2.13. The second-order valence-corrected chi connectivity index (χ2v) is 2.73. The smallest absolute Gasteiger partial charge is 0.230 e. The van der Waals surface area contributed by atoms with Crippen LogP contribution < -0.4 is 5.48 Å². The van der Waals surface area contributed by atoms with E-state index in [0.29, 0.717) is 19.5 Å². The van der Waals surface area contributed by atoms with Crippen LogP contribution in [0.3, 0.4) is 0 Å². The fourth-order valence-corrected chi connectivity index (χ4v) is 1.23. The fraction of sp³-hybridized carbons (Fsp3) is 0.714. The number of nitrogens with one attached hydrogen (secondary N) is 1. The van der Waals surface area contributed by atoms with Crippen molar-refractivity contribution >= 4 is 12.3 Å². The highest BCUT2D eigenvalue weighted by Crippen LogP contribution is 2.10. The molecule has 0 bridgehead atoms. The standard InChI is InChI=1S/C7H12N2O3/c1-6(11)9-3-2-7(4-9)12-8-5-10/h5,7H,2-4H2,1H3,(H,8,10). The van der Waals surface area contributed by atoms with Gasteiger partial charge in [0.05, 0.1) is 0 Å². The van der Waals surface area contributed by atoms with E-state index in [0.717, 1.165) is 6.42 Å². The molecule has 1 rings (SSSR count). The van der Waals surface area contributed by atoms with E-state index in [9.17, 15) is 9.59 Å². The van der Waals surface area contributed by atoms with Crippen molar-refractivity contribution in [2.24, 2.45) is 0 Å². The summed E-state index contributed by atoms with van der Waals surface area (Å²) in [6.07, 6.45) is 1.20. The summed E-state index contributed by atoms with van der Waals surface area (Å²) >= 11 is 0. The number of carbonyl (C=O) groups excluding carboxylic acids is 2. The van der Waals surface area contributed by atoms with Gasteiger partial charge in [-0.2, -0.15) is 0 Å². The van der Waals surface area contributed by atoms with Gasteiger partial charge in [-0.15, -0.1) is 0 Å². The lowest BCUT2D eigenvalue weighted by atomic mass is 10.3. The van der Waals surface area contributed by atoms with Crippen molar-refractivity contribution in [3.63, 3.8) is 0 Å². The van der Waals surface area contributed by atoms with Crippen LogP contribution >= 0.6 is 0 Å². The second-order valence-electron chi connectivity index (χ2n) is 2.73. The first-order valence-corrected chi connectivity index (χ1v) is 3.84. The second kappa shape index (κ2) is 4.06. The van der Waals surface area contributed by atoms with Gasteiger partial charge in [-0.05, 0) is 6.42 Å². The Kier molecular flexibility index (Phi) is 3.04. The highest BCUT2D eigenvalue weighted by atomic mass is 16.7. The number of likely N-dealkylation sites (tertiary alicyclic amines) is 1. The Morgan fingerprint density at radius 3 is 3.00 bits per heavy atom. The zero-order valence-corrected chi connectivity index (χ0v) is 6.95. The molecule has 0 spiro atoms. The molecule has 1 saturated heterocycles. The van der Waals surface area contributed by atoms with Crippen molar-refractivity contribution in [2.45, 2.75) is 19.4 Å². The van der Waals surface area contributed by atoms with E-state index in [2.05, 4.69) is 5.48 Å². The third-order valence-corrected chi connectivity index (χ3v) is 1.87. The molecule has 68 valence electrons. The Balaban J connectivity index is 2.25. The van der Waals surface area contributed by atoms with Crippen LogP contribution in [0.4, 0.5) is 0 Å². The zero-order chi connectivity index (χ0) is 8.97. The van der Waals surface area contributed by atoms with E-state index in [4.69, 9.17) is 4.84 Å². The Labute approximate surface area is 70.6 Å². The minimum Gasteiger partial charge on any atom is -0.340 e. The van der Waals surface area contributed by atoms with Gasteiger partial charge in [-0.1, -0.05) is 0 Å². The third-order valence-electron chi connectivity index (χ3n) is 1.87. The van der Waals surface area contributed by atoms with E-state index in [1.165, 1.54) is 6.92 Å². The molecule has 1 heterocycles. The summed E-state index contributed by atoms with van der Waals surface area (Å²) in [5.74, 6) is 0.0483. The van der Waals surface area contributed by atoms with Crippen LogP contribution in [0, 0.1) is 0 Å². The van der Waals surface area contributed by atoms with Crippen LogP contribution in [0.25, 0.3) is 0 Å². The van der Waals surface area contributed by atoms with E-state index in [1.807, 2.05) is 0 Å². The quantitative estimate of drug-likeness (QED) is 0.451. The number of amides is 2. The summed E-state index contributed by atoms with van der Waals surface area (Å²) in [6.45, 7) is 2.80. The van der Waals surface area contributed by atoms with Crippen molar-refractivity contribution in [1.29, 1.82) is 0 Å². The largest absolute Gasteiger partial charge is 0.340 e. The lowest BCUT2D eigenvalue weighted by Crippen LogP contribution is -2.30. The molecule has 0 aromatic carbocycles. The molecular formula is C7H12N2O3. The average Bonchev–Trinajstić information content (AvgIpc) is 2.48. The van der Waals surface area contributed by atoms with E-state index in [-0.39, 0.29) is 12.0 Å². The molecular weight excluding hydrogens is 160 g/mol. The van der Waals surface area contributed by atoms with Crippen molar-refractivity contribution < 1.29 is 14.4 Å². The van der Waals surface area contributed by atoms with Crippen LogP contribution in [0.5, 0.6) is 0 Å². The molecule has 1 aliphatic heterocycles. The van der Waals surface area contributed by atoms with Crippen LogP contribution in [0.2, 0.25) is 0 Å². The molecule has 5 nitrogen and oxygen atoms in total. The first-order valence-electron chi connectivity index (χ1n) is 3.84. The topological polar surface area (TPSA) is 58.6 Å². The van der Waals surface area contributed by atoms with Crippen molar-refractivity contribution in [2.75, 3.05) is 13.1 Å². The molecule has 1 aliphatic rings. The van der Waals surface area contributed by atoms with Crippen molar-refractivity contribution in [3.05, 3.63) is 0 Å². The van der Waals surface area contributed by atoms with Gasteiger partial charge in [0.15, 0.2) is 0 Å². The van der Waals surface area contributed by atoms with Gasteiger partial charge in [0.1, 0.15) is 6.10 Å². The summed E-state index contributed by atoms with van der Waals surface area (Å²) in [4.78, 5) is 27.3. The van der Waals surface area contributed by atoms with Gasteiger partial charge in [-0.3, -0.25) is 14.4 Å². The molecule has 5 heteroatoms. The number of carbonyl (C=O) groups is 2. The highest BCUT2D eigenvalue weighted by Gasteiger charge is 2.24. The maximum absolute atomic E-state index is 10.8. The van der Waals surface area contributed by atoms with Crippen molar-refractivity contribution in [3.8, 4) is 0 Å². The first kappa shape index (κ1) is 8.99. The van der Waals surface area contributed by atoms with E-state index in [1.54, 1.807) is 4.90 Å². The normalized spacial score (nSPS) is 22.4. The molecule has 1 N–H and O–H groups in total. The molecule has 0 radical (unpaired) electrons. The monoisotopic (exact) mass is 172 g/mol. The van der Waals surface area contributed by atoms with E-state index < -0.39 is 0 Å². The molecule has 12 heavy (non-hydrogen) atoms. The molecule has 0 aromatic rings. The van der Waals surface area contributed by atoms with E-state index >= 15 is 0 Å². The predicted octanol–water partition coefficient (Wildman–Crippen LogP) is -0.715. The molecule has 0 aromatic heterocycles. The molecule has 2 amide bonds. The molecule has 1 atom stereocenters. The predicted molar refractivity (Wildman–Crippen MR) is 40.9 cm³/mol. The number of hydroxylamine groups is 1. The van der Waals surface area contributed by atoms with Gasteiger partial charge < -0.3 is 4.90 Å². The molecule has 0 aliphatic carbocycles. The van der Waals surface area contributed by atoms with Crippen LogP contribution in [0.1, 0.15) is 13.3 Å². The van der Waals surface area contributed by atoms with Crippen molar-refractivity contribution in [1.82, 2.24) is 10.4 Å². The van der Waals surface area contributed by atoms with Gasteiger partial charge in [0.2, 0.25) is 12.3 Å². The van der Waals surface area contributed by atoms with Crippen LogP contribution in [0.15, 0.2) is 0 Å². The first-order chi connectivity index (χ1) is 5.74.